The molecule has 1 aromatic carbocycles. The van der Waals surface area contributed by atoms with Crippen molar-refractivity contribution in [2.45, 2.75) is 32.7 Å². The summed E-state index contributed by atoms with van der Waals surface area (Å²) in [5.74, 6) is 0.334. The second kappa shape index (κ2) is 9.49. The number of hydrogen-bond acceptors (Lipinski definition) is 5. The smallest absolute Gasteiger partial charge is 0.334 e. The van der Waals surface area contributed by atoms with Gasteiger partial charge in [0.15, 0.2) is 17.5 Å². The molecule has 0 bridgehead atoms. The Hall–Kier alpha value is -4.34. The van der Waals surface area contributed by atoms with Crippen molar-refractivity contribution in [1.82, 2.24) is 39.3 Å². The van der Waals surface area contributed by atoms with E-state index in [1.807, 2.05) is 30.3 Å². The minimum atomic E-state index is -0.439. The molecule has 0 aliphatic carbocycles. The Morgan fingerprint density at radius 2 is 1.91 bits per heavy atom. The van der Waals surface area contributed by atoms with Crippen molar-refractivity contribution in [3.05, 3.63) is 88.7 Å². The normalized spacial score (nSPS) is 11.3. The topological polar surface area (TPSA) is 99.2 Å². The number of aryl methyl sites for hydroxylation is 2. The van der Waals surface area contributed by atoms with Gasteiger partial charge in [-0.1, -0.05) is 37.6 Å². The van der Waals surface area contributed by atoms with E-state index < -0.39 is 5.82 Å². The molecule has 0 radical (unpaired) electrons. The van der Waals surface area contributed by atoms with Gasteiger partial charge in [-0.15, -0.1) is 5.10 Å². The average molecular weight is 473 g/mol. The second-order valence-electron chi connectivity index (χ2n) is 8.39. The third-order valence-electron chi connectivity index (χ3n) is 6.12. The van der Waals surface area contributed by atoms with Crippen LogP contribution < -0.4 is 5.69 Å². The van der Waals surface area contributed by atoms with Crippen molar-refractivity contribution in [1.29, 1.82) is 0 Å². The third-order valence-corrected chi connectivity index (χ3v) is 6.12. The molecule has 0 unspecified atom stereocenters. The Kier molecular flexibility index (Phi) is 6.09. The number of aromatic nitrogens is 8. The van der Waals surface area contributed by atoms with Crippen LogP contribution in [0.5, 0.6) is 0 Å². The maximum absolute atomic E-state index is 14.5. The Bertz CT molecular complexity index is 1490. The molecule has 5 aromatic rings. The van der Waals surface area contributed by atoms with Gasteiger partial charge in [0.05, 0.1) is 6.54 Å². The first kappa shape index (κ1) is 22.5. The standard InChI is InChI=1S/C25H25FN8O/c1-3-4-7-18-16-34(24-22(26)11-13-32(24)2)25(35)33(18)15-17-14-27-12-10-19(17)20-8-5-6-9-21(20)23-28-30-31-29-23/h5-6,8-14,16H,3-4,7,15H2,1-2H3,(H,28,29,30,31). The number of nitrogens with one attached hydrogen (secondary N) is 1. The molecule has 0 saturated carbocycles. The fourth-order valence-electron chi connectivity index (χ4n) is 4.36. The fraction of sp³-hybridized carbons (Fsp3) is 0.240. The van der Waals surface area contributed by atoms with Gasteiger partial charge in [0.1, 0.15) is 0 Å². The van der Waals surface area contributed by atoms with E-state index in [1.165, 1.54) is 10.6 Å². The molecule has 4 heterocycles. The van der Waals surface area contributed by atoms with E-state index in [9.17, 15) is 9.18 Å². The number of pyridine rings is 1. The summed E-state index contributed by atoms with van der Waals surface area (Å²) in [5.41, 5.74) is 4.08. The number of tetrazole rings is 1. The van der Waals surface area contributed by atoms with E-state index >= 15 is 0 Å². The molecule has 0 aliphatic heterocycles. The molecule has 9 nitrogen and oxygen atoms in total. The highest BCUT2D eigenvalue weighted by molar-refractivity contribution is 5.81. The first-order chi connectivity index (χ1) is 17.1. The van der Waals surface area contributed by atoms with Gasteiger partial charge in [-0.2, -0.15) is 0 Å². The van der Waals surface area contributed by atoms with Gasteiger partial charge in [0.25, 0.3) is 0 Å². The molecule has 0 saturated heterocycles. The Morgan fingerprint density at radius 1 is 1.09 bits per heavy atom. The van der Waals surface area contributed by atoms with E-state index in [2.05, 4.69) is 32.5 Å². The first-order valence-corrected chi connectivity index (χ1v) is 11.5. The molecule has 0 fully saturated rings. The Morgan fingerprint density at radius 3 is 2.63 bits per heavy atom. The Labute approximate surface area is 200 Å². The van der Waals surface area contributed by atoms with Crippen LogP contribution in [0.15, 0.2) is 66.0 Å². The van der Waals surface area contributed by atoms with Crippen molar-refractivity contribution in [3.63, 3.8) is 0 Å². The van der Waals surface area contributed by atoms with Crippen LogP contribution in [-0.2, 0) is 20.0 Å². The fourth-order valence-corrected chi connectivity index (χ4v) is 4.36. The number of nitrogens with zero attached hydrogens (tertiary/aromatic N) is 7. The molecule has 5 rings (SSSR count). The van der Waals surface area contributed by atoms with Gasteiger partial charge in [-0.3, -0.25) is 14.1 Å². The van der Waals surface area contributed by atoms with Crippen molar-refractivity contribution >= 4 is 0 Å². The van der Waals surface area contributed by atoms with E-state index in [0.717, 1.165) is 40.8 Å². The van der Waals surface area contributed by atoms with Crippen LogP contribution in [0.1, 0.15) is 31.0 Å². The van der Waals surface area contributed by atoms with Gasteiger partial charge >= 0.3 is 5.69 Å². The molecule has 1 N–H and O–H groups in total. The number of halogens is 1. The molecule has 4 aromatic heterocycles. The monoisotopic (exact) mass is 472 g/mol. The second-order valence-corrected chi connectivity index (χ2v) is 8.39. The molecule has 178 valence electrons. The van der Waals surface area contributed by atoms with Gasteiger partial charge in [-0.25, -0.2) is 14.3 Å². The number of H-pyrrole nitrogens is 1. The van der Waals surface area contributed by atoms with Gasteiger partial charge in [0, 0.05) is 43.1 Å². The molecular formula is C25H25FN8O. The van der Waals surface area contributed by atoms with Crippen molar-refractivity contribution in [2.24, 2.45) is 7.05 Å². The SMILES string of the molecule is CCCCc1cn(-c2c(F)ccn2C)c(=O)n1Cc1cnccc1-c1ccccc1-c1nnn[nH]1. The van der Waals surface area contributed by atoms with Crippen LogP contribution in [0.2, 0.25) is 0 Å². The highest BCUT2D eigenvalue weighted by atomic mass is 19.1. The summed E-state index contributed by atoms with van der Waals surface area (Å²) in [4.78, 5) is 17.9. The Balaban J connectivity index is 1.62. The molecule has 35 heavy (non-hydrogen) atoms. The van der Waals surface area contributed by atoms with Crippen LogP contribution in [-0.4, -0.2) is 39.3 Å². The maximum Gasteiger partial charge on any atom is 0.334 e. The van der Waals surface area contributed by atoms with Crippen LogP contribution in [0.4, 0.5) is 4.39 Å². The van der Waals surface area contributed by atoms with E-state index in [0.29, 0.717) is 18.8 Å². The number of unbranched alkanes of at least 4 members (excludes halogenated alkanes) is 1. The van der Waals surface area contributed by atoms with Crippen molar-refractivity contribution < 1.29 is 4.39 Å². The average Bonchev–Trinajstić information content (AvgIpc) is 3.59. The highest BCUT2D eigenvalue weighted by Crippen LogP contribution is 2.32. The summed E-state index contributed by atoms with van der Waals surface area (Å²) in [6.07, 6.45) is 9.45. The summed E-state index contributed by atoms with van der Waals surface area (Å²) in [6, 6.07) is 11.1. The molecule has 0 amide bonds. The summed E-state index contributed by atoms with van der Waals surface area (Å²) in [7, 11) is 1.72. The lowest BCUT2D eigenvalue weighted by Crippen LogP contribution is -2.26. The minimum absolute atomic E-state index is 0.223. The van der Waals surface area contributed by atoms with Gasteiger partial charge in [-0.05, 0) is 52.1 Å². The van der Waals surface area contributed by atoms with Crippen LogP contribution in [0.25, 0.3) is 28.3 Å². The van der Waals surface area contributed by atoms with E-state index in [1.54, 1.807) is 41.0 Å². The summed E-state index contributed by atoms with van der Waals surface area (Å²) < 4.78 is 19.3. The van der Waals surface area contributed by atoms with Crippen molar-refractivity contribution in [2.75, 3.05) is 0 Å². The van der Waals surface area contributed by atoms with E-state index in [4.69, 9.17) is 0 Å². The first-order valence-electron chi connectivity index (χ1n) is 11.5. The zero-order valence-corrected chi connectivity index (χ0v) is 19.5. The van der Waals surface area contributed by atoms with Gasteiger partial charge in [0.2, 0.25) is 0 Å². The van der Waals surface area contributed by atoms with E-state index in [-0.39, 0.29) is 11.5 Å². The lowest BCUT2D eigenvalue weighted by Gasteiger charge is -2.14. The summed E-state index contributed by atoms with van der Waals surface area (Å²) >= 11 is 0. The summed E-state index contributed by atoms with van der Waals surface area (Å²) in [6.45, 7) is 2.40. The molecule has 0 spiro atoms. The number of rotatable bonds is 8. The van der Waals surface area contributed by atoms with Crippen LogP contribution in [0, 0.1) is 5.82 Å². The predicted molar refractivity (Wildman–Crippen MR) is 130 cm³/mol. The zero-order valence-electron chi connectivity index (χ0n) is 19.5. The predicted octanol–water partition coefficient (Wildman–Crippen LogP) is 3.75. The molecule has 10 heteroatoms. The number of imidazole rings is 1. The van der Waals surface area contributed by atoms with Crippen molar-refractivity contribution in [3.8, 4) is 28.3 Å². The molecular weight excluding hydrogens is 447 g/mol. The minimum Gasteiger partial charge on any atom is -0.335 e. The number of hydrogen-bond donors (Lipinski definition) is 1. The van der Waals surface area contributed by atoms with Crippen LogP contribution >= 0.6 is 0 Å². The summed E-state index contributed by atoms with van der Waals surface area (Å²) in [5, 5.41) is 14.3. The molecule has 0 aliphatic rings. The quantitative estimate of drug-likeness (QED) is 0.371. The number of aromatic amines is 1. The van der Waals surface area contributed by atoms with Crippen LogP contribution in [0.3, 0.4) is 0 Å². The lowest BCUT2D eigenvalue weighted by atomic mass is 9.96. The van der Waals surface area contributed by atoms with Gasteiger partial charge < -0.3 is 4.57 Å². The zero-order chi connectivity index (χ0) is 24.4. The molecule has 0 atom stereocenters. The number of benzene rings is 1. The largest absolute Gasteiger partial charge is 0.335 e. The third kappa shape index (κ3) is 4.18. The maximum atomic E-state index is 14.5. The lowest BCUT2D eigenvalue weighted by molar-refractivity contribution is 0.604. The highest BCUT2D eigenvalue weighted by Gasteiger charge is 2.20.